The third-order valence-corrected chi connectivity index (χ3v) is 2.54. The highest BCUT2D eigenvalue weighted by Crippen LogP contribution is 2.23. The summed E-state index contributed by atoms with van der Waals surface area (Å²) in [5.74, 6) is -0.693. The second-order valence-electron chi connectivity index (χ2n) is 3.66. The molecule has 7 nitrogen and oxygen atoms in total. The minimum atomic E-state index is -1.36. The molecule has 0 aliphatic carbocycles. The van der Waals surface area contributed by atoms with E-state index in [1.807, 2.05) is 0 Å². The van der Waals surface area contributed by atoms with Gasteiger partial charge >= 0.3 is 5.97 Å². The Morgan fingerprint density at radius 3 is 2.69 bits per heavy atom. The van der Waals surface area contributed by atoms with Crippen LogP contribution in [0.25, 0.3) is 0 Å². The van der Waals surface area contributed by atoms with Gasteiger partial charge in [0.05, 0.1) is 19.8 Å². The predicted molar refractivity (Wildman–Crippen MR) is 50.4 cm³/mol. The van der Waals surface area contributed by atoms with Crippen molar-refractivity contribution in [3.8, 4) is 0 Å². The van der Waals surface area contributed by atoms with Gasteiger partial charge in [-0.2, -0.15) is 0 Å². The Labute approximate surface area is 92.2 Å². The summed E-state index contributed by atoms with van der Waals surface area (Å²) in [7, 11) is 1.17. The number of carbonyl (C=O) groups is 1. The molecule has 1 aliphatic rings. The number of esters is 1. The van der Waals surface area contributed by atoms with Crippen molar-refractivity contribution < 1.29 is 34.7 Å². The lowest BCUT2D eigenvalue weighted by atomic mass is 9.95. The van der Waals surface area contributed by atoms with E-state index in [1.54, 1.807) is 0 Å². The predicted octanol–water partition coefficient (Wildman–Crippen LogP) is -2.61. The first-order valence-electron chi connectivity index (χ1n) is 4.89. The van der Waals surface area contributed by atoms with Crippen molar-refractivity contribution in [1.82, 2.24) is 0 Å². The van der Waals surface area contributed by atoms with Crippen LogP contribution in [0.5, 0.6) is 0 Å². The van der Waals surface area contributed by atoms with Crippen LogP contribution in [0.1, 0.15) is 6.42 Å². The van der Waals surface area contributed by atoms with E-state index in [4.69, 9.17) is 9.84 Å². The number of methoxy groups -OCH3 is 1. The van der Waals surface area contributed by atoms with Crippen LogP contribution in [-0.2, 0) is 14.3 Å². The van der Waals surface area contributed by atoms with Crippen molar-refractivity contribution >= 4 is 5.97 Å². The number of aliphatic hydroxyl groups is 4. The molecule has 7 heteroatoms. The molecule has 1 saturated heterocycles. The van der Waals surface area contributed by atoms with Crippen molar-refractivity contribution in [3.05, 3.63) is 0 Å². The molecule has 1 aliphatic heterocycles. The fourth-order valence-electron chi connectivity index (χ4n) is 1.61. The molecule has 16 heavy (non-hydrogen) atoms. The standard InChI is InChI=1S/C9H16O7/c1-15-9(14)6-2-4(11)7(13)8(16-6)5(12)3-10/h4-8,10-13H,2-3H2,1H3/t4-,5-,6-,7-,8-/m1/s1. The molecule has 0 radical (unpaired) electrons. The average molecular weight is 236 g/mol. The van der Waals surface area contributed by atoms with E-state index in [1.165, 1.54) is 7.11 Å². The Balaban J connectivity index is 2.72. The van der Waals surface area contributed by atoms with Crippen molar-refractivity contribution in [1.29, 1.82) is 0 Å². The first kappa shape index (κ1) is 13.3. The van der Waals surface area contributed by atoms with Crippen molar-refractivity contribution in [2.75, 3.05) is 13.7 Å². The Morgan fingerprint density at radius 1 is 1.56 bits per heavy atom. The third kappa shape index (κ3) is 2.69. The summed E-state index contributed by atoms with van der Waals surface area (Å²) in [4.78, 5) is 11.2. The molecule has 0 saturated carbocycles. The van der Waals surface area contributed by atoms with Crippen molar-refractivity contribution in [3.63, 3.8) is 0 Å². The Hall–Kier alpha value is -0.730. The van der Waals surface area contributed by atoms with Gasteiger partial charge in [0.25, 0.3) is 0 Å². The van der Waals surface area contributed by atoms with Crippen LogP contribution < -0.4 is 0 Å². The largest absolute Gasteiger partial charge is 0.467 e. The van der Waals surface area contributed by atoms with Crippen LogP contribution in [0.2, 0.25) is 0 Å². The lowest BCUT2D eigenvalue weighted by Gasteiger charge is -2.37. The summed E-state index contributed by atoms with van der Waals surface area (Å²) in [6.07, 6.45) is -6.28. The lowest BCUT2D eigenvalue weighted by molar-refractivity contribution is -0.213. The van der Waals surface area contributed by atoms with Gasteiger partial charge in [0.2, 0.25) is 0 Å². The second kappa shape index (κ2) is 5.55. The number of carbonyl (C=O) groups excluding carboxylic acids is 1. The quantitative estimate of drug-likeness (QED) is 0.397. The van der Waals surface area contributed by atoms with Gasteiger partial charge in [-0.25, -0.2) is 4.79 Å². The molecule has 4 N–H and O–H groups in total. The van der Waals surface area contributed by atoms with Gasteiger partial charge < -0.3 is 29.9 Å². The van der Waals surface area contributed by atoms with Crippen LogP contribution >= 0.6 is 0 Å². The zero-order valence-corrected chi connectivity index (χ0v) is 8.81. The highest BCUT2D eigenvalue weighted by atomic mass is 16.6. The Kier molecular flexibility index (Phi) is 4.63. The zero-order valence-electron chi connectivity index (χ0n) is 8.81. The average Bonchev–Trinajstić information content (AvgIpc) is 2.30. The fraction of sp³-hybridized carbons (Fsp3) is 0.889. The smallest absolute Gasteiger partial charge is 0.335 e. The van der Waals surface area contributed by atoms with Crippen LogP contribution in [0.3, 0.4) is 0 Å². The molecular weight excluding hydrogens is 220 g/mol. The summed E-state index contributed by atoms with van der Waals surface area (Å²) in [6.45, 7) is -0.637. The maximum absolute atomic E-state index is 11.2. The molecule has 0 spiro atoms. The number of rotatable bonds is 3. The lowest BCUT2D eigenvalue weighted by Crippen LogP contribution is -2.55. The van der Waals surface area contributed by atoms with E-state index in [0.717, 1.165) is 0 Å². The number of ether oxygens (including phenoxy) is 2. The maximum atomic E-state index is 11.2. The maximum Gasteiger partial charge on any atom is 0.335 e. The normalized spacial score (nSPS) is 36.8. The molecule has 0 aromatic carbocycles. The van der Waals surface area contributed by atoms with Crippen LogP contribution in [-0.4, -0.2) is 70.6 Å². The van der Waals surface area contributed by atoms with Gasteiger partial charge in [-0.3, -0.25) is 0 Å². The molecule has 0 aromatic rings. The Bertz CT molecular complexity index is 244. The third-order valence-electron chi connectivity index (χ3n) is 2.54. The molecule has 1 fully saturated rings. The molecule has 94 valence electrons. The van der Waals surface area contributed by atoms with E-state index in [-0.39, 0.29) is 6.42 Å². The molecular formula is C9H16O7. The van der Waals surface area contributed by atoms with Gasteiger partial charge in [-0.15, -0.1) is 0 Å². The van der Waals surface area contributed by atoms with E-state index >= 15 is 0 Å². The van der Waals surface area contributed by atoms with Gasteiger partial charge in [-0.1, -0.05) is 0 Å². The van der Waals surface area contributed by atoms with E-state index < -0.39 is 43.1 Å². The second-order valence-corrected chi connectivity index (χ2v) is 3.66. The van der Waals surface area contributed by atoms with E-state index in [0.29, 0.717) is 0 Å². The molecule has 0 bridgehead atoms. The highest BCUT2D eigenvalue weighted by Gasteiger charge is 2.43. The molecule has 0 amide bonds. The van der Waals surface area contributed by atoms with Gasteiger partial charge in [-0.05, 0) is 0 Å². The number of hydrogen-bond donors (Lipinski definition) is 4. The molecule has 0 unspecified atom stereocenters. The van der Waals surface area contributed by atoms with Crippen LogP contribution in [0.15, 0.2) is 0 Å². The van der Waals surface area contributed by atoms with Gasteiger partial charge in [0.1, 0.15) is 18.3 Å². The number of hydrogen-bond acceptors (Lipinski definition) is 7. The Morgan fingerprint density at radius 2 is 2.19 bits per heavy atom. The summed E-state index contributed by atoms with van der Waals surface area (Å²) >= 11 is 0. The monoisotopic (exact) mass is 236 g/mol. The fourth-order valence-corrected chi connectivity index (χ4v) is 1.61. The molecule has 1 rings (SSSR count). The summed E-state index contributed by atoms with van der Waals surface area (Å²) < 4.78 is 9.51. The van der Waals surface area contributed by atoms with Crippen LogP contribution in [0.4, 0.5) is 0 Å². The van der Waals surface area contributed by atoms with Gasteiger partial charge in [0, 0.05) is 6.42 Å². The summed E-state index contributed by atoms with van der Waals surface area (Å²) in [5, 5.41) is 37.1. The highest BCUT2D eigenvalue weighted by molar-refractivity contribution is 5.74. The first-order chi connectivity index (χ1) is 7.51. The molecule has 1 heterocycles. The summed E-state index contributed by atoms with van der Waals surface area (Å²) in [5.41, 5.74) is 0. The minimum Gasteiger partial charge on any atom is -0.467 e. The first-order valence-corrected chi connectivity index (χ1v) is 4.89. The van der Waals surface area contributed by atoms with Crippen molar-refractivity contribution in [2.45, 2.75) is 36.9 Å². The topological polar surface area (TPSA) is 116 Å². The van der Waals surface area contributed by atoms with E-state index in [2.05, 4.69) is 4.74 Å². The zero-order chi connectivity index (χ0) is 12.3. The van der Waals surface area contributed by atoms with Crippen molar-refractivity contribution in [2.24, 2.45) is 0 Å². The molecule has 5 atom stereocenters. The molecule has 0 aromatic heterocycles. The minimum absolute atomic E-state index is 0.109. The van der Waals surface area contributed by atoms with Gasteiger partial charge in [0.15, 0.2) is 6.10 Å². The number of aliphatic hydroxyl groups excluding tert-OH is 4. The SMILES string of the molecule is COC(=O)[C@H]1C[C@@H](O)[C@@H](O)[C@@H]([C@H](O)CO)O1. The summed E-state index contributed by atoms with van der Waals surface area (Å²) in [6, 6.07) is 0. The van der Waals surface area contributed by atoms with E-state index in [9.17, 15) is 20.1 Å². The van der Waals surface area contributed by atoms with Crippen LogP contribution in [0, 0.1) is 0 Å².